The maximum Gasteiger partial charge on any atom is 0.251 e. The van der Waals surface area contributed by atoms with Crippen LogP contribution in [0.1, 0.15) is 26.7 Å². The van der Waals surface area contributed by atoms with Crippen LogP contribution in [-0.2, 0) is 16.6 Å². The number of hydrogen-bond donors (Lipinski definition) is 0. The van der Waals surface area contributed by atoms with E-state index in [2.05, 4.69) is 5.10 Å². The van der Waals surface area contributed by atoms with Gasteiger partial charge < -0.3 is 4.90 Å². The first-order valence-corrected chi connectivity index (χ1v) is 7.14. The van der Waals surface area contributed by atoms with Crippen molar-refractivity contribution in [3.05, 3.63) is 12.3 Å². The van der Waals surface area contributed by atoms with E-state index in [0.717, 1.165) is 12.8 Å². The van der Waals surface area contributed by atoms with Crippen LogP contribution >= 0.6 is 0 Å². The molecular formula is C14H20N4O2. The standard InChI is InChI=1S/C14H20N4O2/c1-9(2)12-14(20)17-7-4-5-10(17)13(19)18(12)11-6-8-16(3)15-11/h6,8-10,12H,4-5,7H2,1-3H3. The Morgan fingerprint density at radius 2 is 2.05 bits per heavy atom. The van der Waals surface area contributed by atoms with Gasteiger partial charge in [0.15, 0.2) is 5.82 Å². The van der Waals surface area contributed by atoms with Gasteiger partial charge in [0.05, 0.1) is 0 Å². The molecule has 2 saturated heterocycles. The van der Waals surface area contributed by atoms with Crippen LogP contribution in [0.15, 0.2) is 12.3 Å². The number of rotatable bonds is 2. The van der Waals surface area contributed by atoms with Crippen LogP contribution in [0.4, 0.5) is 5.82 Å². The number of nitrogens with zero attached hydrogens (tertiary/aromatic N) is 4. The Balaban J connectivity index is 2.04. The smallest absolute Gasteiger partial charge is 0.251 e. The number of aromatic nitrogens is 2. The van der Waals surface area contributed by atoms with Crippen LogP contribution in [0.5, 0.6) is 0 Å². The first-order chi connectivity index (χ1) is 9.50. The molecule has 2 atom stereocenters. The molecule has 2 unspecified atom stereocenters. The van der Waals surface area contributed by atoms with Crippen molar-refractivity contribution in [2.45, 2.75) is 38.8 Å². The lowest BCUT2D eigenvalue weighted by Crippen LogP contribution is -2.64. The maximum atomic E-state index is 12.8. The summed E-state index contributed by atoms with van der Waals surface area (Å²) in [7, 11) is 1.81. The maximum absolute atomic E-state index is 12.8. The summed E-state index contributed by atoms with van der Waals surface area (Å²) in [5.74, 6) is 0.721. The number of amides is 2. The van der Waals surface area contributed by atoms with Crippen LogP contribution in [0.3, 0.4) is 0 Å². The lowest BCUT2D eigenvalue weighted by atomic mass is 9.96. The fourth-order valence-electron chi connectivity index (χ4n) is 3.24. The van der Waals surface area contributed by atoms with Gasteiger partial charge in [0.1, 0.15) is 12.1 Å². The average molecular weight is 276 g/mol. The summed E-state index contributed by atoms with van der Waals surface area (Å²) < 4.78 is 1.66. The zero-order valence-electron chi connectivity index (χ0n) is 12.1. The molecule has 2 fully saturated rings. The highest BCUT2D eigenvalue weighted by Crippen LogP contribution is 2.32. The monoisotopic (exact) mass is 276 g/mol. The Labute approximate surface area is 118 Å². The second kappa shape index (κ2) is 4.61. The Morgan fingerprint density at radius 3 is 2.65 bits per heavy atom. The molecule has 3 rings (SSSR count). The molecule has 2 aliphatic rings. The first kappa shape index (κ1) is 13.1. The molecule has 2 aliphatic heterocycles. The topological polar surface area (TPSA) is 58.4 Å². The van der Waals surface area contributed by atoms with Gasteiger partial charge in [-0.05, 0) is 18.8 Å². The van der Waals surface area contributed by atoms with E-state index in [1.54, 1.807) is 26.7 Å². The number of aryl methyl sites for hydroxylation is 1. The number of carbonyl (C=O) groups is 2. The fraction of sp³-hybridized carbons (Fsp3) is 0.643. The van der Waals surface area contributed by atoms with Crippen LogP contribution in [-0.4, -0.2) is 45.1 Å². The molecule has 1 aromatic heterocycles. The second-order valence-electron chi connectivity index (χ2n) is 5.93. The second-order valence-corrected chi connectivity index (χ2v) is 5.93. The van der Waals surface area contributed by atoms with Gasteiger partial charge in [-0.3, -0.25) is 19.2 Å². The molecule has 0 N–H and O–H groups in total. The van der Waals surface area contributed by atoms with Gasteiger partial charge in [-0.1, -0.05) is 13.8 Å². The number of anilines is 1. The number of piperazine rings is 1. The lowest BCUT2D eigenvalue weighted by Gasteiger charge is -2.42. The Hall–Kier alpha value is -1.85. The molecule has 108 valence electrons. The molecule has 0 spiro atoms. The van der Waals surface area contributed by atoms with Crippen molar-refractivity contribution in [2.24, 2.45) is 13.0 Å². The first-order valence-electron chi connectivity index (χ1n) is 7.14. The summed E-state index contributed by atoms with van der Waals surface area (Å²) in [6.45, 7) is 4.65. The zero-order chi connectivity index (χ0) is 14.4. The molecule has 2 amide bonds. The number of carbonyl (C=O) groups excluding carboxylic acids is 2. The van der Waals surface area contributed by atoms with E-state index in [4.69, 9.17) is 0 Å². The lowest BCUT2D eigenvalue weighted by molar-refractivity contribution is -0.145. The predicted octanol–water partition coefficient (Wildman–Crippen LogP) is 0.782. The predicted molar refractivity (Wildman–Crippen MR) is 74.1 cm³/mol. The van der Waals surface area contributed by atoms with Crippen molar-refractivity contribution in [2.75, 3.05) is 11.4 Å². The molecular weight excluding hydrogens is 256 g/mol. The quantitative estimate of drug-likeness (QED) is 0.802. The van der Waals surface area contributed by atoms with Crippen molar-refractivity contribution < 1.29 is 9.59 Å². The Kier molecular flexibility index (Phi) is 3.03. The van der Waals surface area contributed by atoms with Crippen molar-refractivity contribution in [3.63, 3.8) is 0 Å². The summed E-state index contributed by atoms with van der Waals surface area (Å²) in [6.07, 6.45) is 3.47. The largest absolute Gasteiger partial charge is 0.329 e. The molecule has 20 heavy (non-hydrogen) atoms. The highest BCUT2D eigenvalue weighted by atomic mass is 16.2. The third-order valence-electron chi connectivity index (χ3n) is 4.17. The normalized spacial score (nSPS) is 26.6. The van der Waals surface area contributed by atoms with Crippen molar-refractivity contribution in [1.29, 1.82) is 0 Å². The molecule has 0 radical (unpaired) electrons. The minimum absolute atomic E-state index is 0.0134. The van der Waals surface area contributed by atoms with E-state index in [0.29, 0.717) is 12.4 Å². The summed E-state index contributed by atoms with van der Waals surface area (Å²) in [5, 5.41) is 4.32. The summed E-state index contributed by atoms with van der Waals surface area (Å²) in [6, 6.07) is 1.07. The van der Waals surface area contributed by atoms with E-state index in [1.807, 2.05) is 20.9 Å². The van der Waals surface area contributed by atoms with E-state index in [9.17, 15) is 9.59 Å². The van der Waals surface area contributed by atoms with Crippen LogP contribution in [0.2, 0.25) is 0 Å². The Morgan fingerprint density at radius 1 is 1.30 bits per heavy atom. The average Bonchev–Trinajstić information content (AvgIpc) is 3.01. The van der Waals surface area contributed by atoms with Gasteiger partial charge in [0.25, 0.3) is 5.91 Å². The van der Waals surface area contributed by atoms with E-state index in [1.165, 1.54) is 0 Å². The molecule has 0 aliphatic carbocycles. The molecule has 6 nitrogen and oxygen atoms in total. The highest BCUT2D eigenvalue weighted by molar-refractivity contribution is 6.08. The summed E-state index contributed by atoms with van der Waals surface area (Å²) in [4.78, 5) is 28.8. The molecule has 0 bridgehead atoms. The molecule has 0 saturated carbocycles. The summed E-state index contributed by atoms with van der Waals surface area (Å²) in [5.41, 5.74) is 0. The zero-order valence-corrected chi connectivity index (χ0v) is 12.1. The van der Waals surface area contributed by atoms with Crippen LogP contribution in [0.25, 0.3) is 0 Å². The van der Waals surface area contributed by atoms with Crippen LogP contribution in [0, 0.1) is 5.92 Å². The summed E-state index contributed by atoms with van der Waals surface area (Å²) >= 11 is 0. The van der Waals surface area contributed by atoms with Crippen molar-refractivity contribution in [3.8, 4) is 0 Å². The van der Waals surface area contributed by atoms with E-state index in [-0.39, 0.29) is 23.8 Å². The van der Waals surface area contributed by atoms with Gasteiger partial charge in [-0.2, -0.15) is 5.10 Å². The number of hydrogen-bond acceptors (Lipinski definition) is 3. The number of fused-ring (bicyclic) bond motifs is 1. The van der Waals surface area contributed by atoms with E-state index >= 15 is 0 Å². The molecule has 0 aromatic carbocycles. The van der Waals surface area contributed by atoms with Crippen molar-refractivity contribution >= 4 is 17.6 Å². The van der Waals surface area contributed by atoms with Crippen molar-refractivity contribution in [1.82, 2.24) is 14.7 Å². The van der Waals surface area contributed by atoms with Crippen LogP contribution < -0.4 is 4.90 Å². The van der Waals surface area contributed by atoms with Gasteiger partial charge >= 0.3 is 0 Å². The molecule has 3 heterocycles. The van der Waals surface area contributed by atoms with Gasteiger partial charge in [-0.25, -0.2) is 0 Å². The Bertz CT molecular complexity index is 551. The minimum atomic E-state index is -0.438. The molecule has 1 aromatic rings. The van der Waals surface area contributed by atoms with Gasteiger partial charge in [0.2, 0.25) is 5.91 Å². The highest BCUT2D eigenvalue weighted by Gasteiger charge is 2.49. The SMILES string of the molecule is CC(C)C1C(=O)N2CCCC2C(=O)N1c1ccn(C)n1. The third-order valence-corrected chi connectivity index (χ3v) is 4.17. The minimum Gasteiger partial charge on any atom is -0.329 e. The fourth-order valence-corrected chi connectivity index (χ4v) is 3.24. The molecule has 6 heteroatoms. The van der Waals surface area contributed by atoms with Gasteiger partial charge in [-0.15, -0.1) is 0 Å². The van der Waals surface area contributed by atoms with Gasteiger partial charge in [0, 0.05) is 25.9 Å². The van der Waals surface area contributed by atoms with E-state index < -0.39 is 6.04 Å². The third kappa shape index (κ3) is 1.82.